The minimum atomic E-state index is -0.671. The number of hydrogen-bond donors (Lipinski definition) is 1. The van der Waals surface area contributed by atoms with Gasteiger partial charge in [-0.25, -0.2) is 0 Å². The van der Waals surface area contributed by atoms with E-state index >= 15 is 0 Å². The molecule has 1 aliphatic carbocycles. The Morgan fingerprint density at radius 3 is 2.32 bits per heavy atom. The Balaban J connectivity index is 2.06. The van der Waals surface area contributed by atoms with Gasteiger partial charge < -0.3 is 10.2 Å². The number of anilines is 1. The molecule has 0 saturated carbocycles. The van der Waals surface area contributed by atoms with Crippen molar-refractivity contribution in [2.24, 2.45) is 5.92 Å². The minimum Gasteiger partial charge on any atom is -0.325 e. The molecule has 1 unspecified atom stereocenters. The second-order valence-electron chi connectivity index (χ2n) is 7.58. The Morgan fingerprint density at radius 2 is 1.64 bits per heavy atom. The van der Waals surface area contributed by atoms with E-state index in [-0.39, 0.29) is 17.5 Å². The summed E-state index contributed by atoms with van der Waals surface area (Å²) in [6.45, 7) is 2.12. The number of nitrogens with zero attached hydrogens (tertiary/aromatic N) is 1. The van der Waals surface area contributed by atoms with E-state index in [9.17, 15) is 14.4 Å². The molecule has 3 aromatic carbocycles. The number of benzene rings is 3. The van der Waals surface area contributed by atoms with Crippen molar-refractivity contribution >= 4 is 44.7 Å². The van der Waals surface area contributed by atoms with E-state index in [4.69, 9.17) is 0 Å². The first kappa shape index (κ1) is 18.3. The van der Waals surface area contributed by atoms with Gasteiger partial charge in [0.05, 0.1) is 11.6 Å². The smallest absolute Gasteiger partial charge is 0.221 e. The molecule has 4 rings (SSSR count). The van der Waals surface area contributed by atoms with E-state index in [1.807, 2.05) is 55.4 Å². The number of amides is 1. The molecule has 1 atom stereocenters. The lowest BCUT2D eigenvalue weighted by Gasteiger charge is -2.26. The normalized spacial score (nSPS) is 16.2. The van der Waals surface area contributed by atoms with Crippen LogP contribution in [0.5, 0.6) is 0 Å². The van der Waals surface area contributed by atoms with Crippen LogP contribution in [0.2, 0.25) is 0 Å². The zero-order valence-corrected chi connectivity index (χ0v) is 16.2. The summed E-state index contributed by atoms with van der Waals surface area (Å²) in [6.07, 6.45) is 0.488. The highest BCUT2D eigenvalue weighted by Crippen LogP contribution is 2.42. The lowest BCUT2D eigenvalue weighted by atomic mass is 9.76. The van der Waals surface area contributed by atoms with Crippen molar-refractivity contribution in [3.63, 3.8) is 0 Å². The second-order valence-corrected chi connectivity index (χ2v) is 7.58. The van der Waals surface area contributed by atoms with Gasteiger partial charge in [0.15, 0.2) is 11.6 Å². The van der Waals surface area contributed by atoms with Crippen LogP contribution in [0, 0.1) is 5.92 Å². The van der Waals surface area contributed by atoms with Crippen LogP contribution in [0.15, 0.2) is 42.5 Å². The quantitative estimate of drug-likeness (QED) is 0.556. The number of fused-ring (bicyclic) bond motifs is 2. The zero-order valence-electron chi connectivity index (χ0n) is 16.2. The van der Waals surface area contributed by atoms with Crippen molar-refractivity contribution in [2.75, 3.05) is 26.0 Å². The molecule has 5 nitrogen and oxygen atoms in total. The van der Waals surface area contributed by atoms with Gasteiger partial charge in [0, 0.05) is 34.2 Å². The van der Waals surface area contributed by atoms with Crippen molar-refractivity contribution in [2.45, 2.75) is 13.3 Å². The standard InChI is InChI=1S/C23H22N2O3/c1-13(26)24-21-15-8-5-4-7-14(15)20-19-16(21)9-6-10-17(19)22(27)18(23(20)28)11-12-25(2)3/h4-10,18H,11-12H2,1-3H3,(H,24,26). The number of hydrogen-bond acceptors (Lipinski definition) is 4. The van der Waals surface area contributed by atoms with Crippen LogP contribution in [0.25, 0.3) is 21.5 Å². The van der Waals surface area contributed by atoms with Crippen LogP contribution in [-0.4, -0.2) is 43.0 Å². The molecule has 0 aromatic heterocycles. The van der Waals surface area contributed by atoms with Crippen LogP contribution in [-0.2, 0) is 4.79 Å². The van der Waals surface area contributed by atoms with Gasteiger partial charge in [-0.15, -0.1) is 0 Å². The van der Waals surface area contributed by atoms with Crippen LogP contribution in [0.3, 0.4) is 0 Å². The first-order chi connectivity index (χ1) is 13.4. The molecule has 1 aliphatic rings. The first-order valence-electron chi connectivity index (χ1n) is 9.38. The predicted octanol–water partition coefficient (Wildman–Crippen LogP) is 3.90. The maximum Gasteiger partial charge on any atom is 0.221 e. The predicted molar refractivity (Wildman–Crippen MR) is 111 cm³/mol. The van der Waals surface area contributed by atoms with Crippen LogP contribution in [0.4, 0.5) is 5.69 Å². The number of carbonyl (C=O) groups is 3. The molecule has 0 aliphatic heterocycles. The Bertz CT molecular complexity index is 1150. The third kappa shape index (κ3) is 2.79. The van der Waals surface area contributed by atoms with Crippen molar-refractivity contribution in [1.29, 1.82) is 0 Å². The molecule has 0 heterocycles. The van der Waals surface area contributed by atoms with Gasteiger partial charge in [0.25, 0.3) is 0 Å². The van der Waals surface area contributed by atoms with Gasteiger partial charge in [-0.1, -0.05) is 42.5 Å². The Hall–Kier alpha value is -3.05. The van der Waals surface area contributed by atoms with E-state index in [0.717, 1.165) is 16.2 Å². The summed E-state index contributed by atoms with van der Waals surface area (Å²) < 4.78 is 0. The molecular weight excluding hydrogens is 352 g/mol. The molecule has 142 valence electrons. The van der Waals surface area contributed by atoms with Gasteiger partial charge >= 0.3 is 0 Å². The summed E-state index contributed by atoms with van der Waals surface area (Å²) in [6, 6.07) is 13.0. The molecule has 1 N–H and O–H groups in total. The van der Waals surface area contributed by atoms with E-state index in [0.29, 0.717) is 35.2 Å². The largest absolute Gasteiger partial charge is 0.325 e. The lowest BCUT2D eigenvalue weighted by Crippen LogP contribution is -2.32. The first-order valence-corrected chi connectivity index (χ1v) is 9.38. The molecule has 5 heteroatoms. The number of Topliss-reactive ketones (excluding diaryl/α,β-unsaturated/α-hetero) is 2. The second kappa shape index (κ2) is 6.84. The van der Waals surface area contributed by atoms with Crippen molar-refractivity contribution in [3.8, 4) is 0 Å². The number of carbonyl (C=O) groups excluding carboxylic acids is 3. The highest BCUT2D eigenvalue weighted by molar-refractivity contribution is 6.36. The van der Waals surface area contributed by atoms with Crippen molar-refractivity contribution in [3.05, 3.63) is 53.6 Å². The molecule has 1 amide bonds. The van der Waals surface area contributed by atoms with E-state index < -0.39 is 5.92 Å². The van der Waals surface area contributed by atoms with E-state index in [1.165, 1.54) is 6.92 Å². The molecule has 0 fully saturated rings. The lowest BCUT2D eigenvalue weighted by molar-refractivity contribution is -0.114. The summed E-state index contributed by atoms with van der Waals surface area (Å²) in [5.41, 5.74) is 1.81. The fourth-order valence-electron chi connectivity index (χ4n) is 4.13. The van der Waals surface area contributed by atoms with Gasteiger partial charge in [-0.3, -0.25) is 14.4 Å². The average molecular weight is 374 g/mol. The molecule has 0 bridgehead atoms. The zero-order chi connectivity index (χ0) is 20.0. The number of nitrogens with one attached hydrogen (secondary N) is 1. The summed E-state index contributed by atoms with van der Waals surface area (Å²) >= 11 is 0. The Morgan fingerprint density at radius 1 is 0.964 bits per heavy atom. The van der Waals surface area contributed by atoms with Gasteiger partial charge in [-0.05, 0) is 32.4 Å². The monoisotopic (exact) mass is 374 g/mol. The third-order valence-corrected chi connectivity index (χ3v) is 5.36. The Kier molecular flexibility index (Phi) is 4.47. The molecule has 0 spiro atoms. The fourth-order valence-corrected chi connectivity index (χ4v) is 4.13. The SMILES string of the molecule is CC(=O)Nc1c2ccccc2c2c3c(cccc13)C(=O)C(CCN(C)C)C2=O. The van der Waals surface area contributed by atoms with Gasteiger partial charge in [-0.2, -0.15) is 0 Å². The molecular formula is C23H22N2O3. The van der Waals surface area contributed by atoms with Gasteiger partial charge in [0.1, 0.15) is 0 Å². The highest BCUT2D eigenvalue weighted by atomic mass is 16.2. The van der Waals surface area contributed by atoms with Gasteiger partial charge in [0.2, 0.25) is 5.91 Å². The maximum atomic E-state index is 13.4. The number of rotatable bonds is 4. The van der Waals surface area contributed by atoms with Crippen LogP contribution in [0.1, 0.15) is 34.1 Å². The van der Waals surface area contributed by atoms with Crippen molar-refractivity contribution in [1.82, 2.24) is 4.90 Å². The average Bonchev–Trinajstić information content (AvgIpc) is 2.66. The topological polar surface area (TPSA) is 66.5 Å². The minimum absolute atomic E-state index is 0.124. The summed E-state index contributed by atoms with van der Waals surface area (Å²) in [4.78, 5) is 40.4. The summed E-state index contributed by atoms with van der Waals surface area (Å²) in [5.74, 6) is -1.12. The molecule has 0 radical (unpaired) electrons. The number of ketones is 2. The fraction of sp³-hybridized carbons (Fsp3) is 0.261. The van der Waals surface area contributed by atoms with Crippen LogP contribution >= 0.6 is 0 Å². The summed E-state index contributed by atoms with van der Waals surface area (Å²) in [7, 11) is 3.86. The van der Waals surface area contributed by atoms with E-state index in [1.54, 1.807) is 6.07 Å². The van der Waals surface area contributed by atoms with Crippen LogP contribution < -0.4 is 5.32 Å². The maximum absolute atomic E-state index is 13.4. The highest BCUT2D eigenvalue weighted by Gasteiger charge is 2.37. The molecule has 28 heavy (non-hydrogen) atoms. The third-order valence-electron chi connectivity index (χ3n) is 5.36. The Labute approximate surface area is 163 Å². The van der Waals surface area contributed by atoms with Crippen molar-refractivity contribution < 1.29 is 14.4 Å². The van der Waals surface area contributed by atoms with E-state index in [2.05, 4.69) is 5.32 Å². The summed E-state index contributed by atoms with van der Waals surface area (Å²) in [5, 5.41) is 5.88. The molecule has 3 aromatic rings. The molecule has 0 saturated heterocycles.